The number of aryl methyl sites for hydroxylation is 1. The Morgan fingerprint density at radius 1 is 1.04 bits per heavy atom. The molecule has 1 atom stereocenters. The highest BCUT2D eigenvalue weighted by Crippen LogP contribution is 2.23. The smallest absolute Gasteiger partial charge is 0.230 e. The Morgan fingerprint density at radius 3 is 2.48 bits per heavy atom. The lowest BCUT2D eigenvalue weighted by atomic mass is 9.99. The van der Waals surface area contributed by atoms with Crippen LogP contribution in [-0.4, -0.2) is 10.2 Å². The predicted octanol–water partition coefficient (Wildman–Crippen LogP) is 4.11. The largest absolute Gasteiger partial charge is 0.424 e. The van der Waals surface area contributed by atoms with Crippen molar-refractivity contribution < 1.29 is 4.42 Å². The lowest BCUT2D eigenvalue weighted by Gasteiger charge is -2.19. The third kappa shape index (κ3) is 4.18. The average Bonchev–Trinajstić information content (AvgIpc) is 2.99. The van der Waals surface area contributed by atoms with E-state index in [-0.39, 0.29) is 6.04 Å². The van der Waals surface area contributed by atoms with Crippen LogP contribution in [0.4, 0.5) is 0 Å². The summed E-state index contributed by atoms with van der Waals surface area (Å²) in [5, 5.41) is 12.2. The van der Waals surface area contributed by atoms with Gasteiger partial charge < -0.3 is 9.73 Å². The molecule has 0 saturated carbocycles. The molecule has 2 aromatic carbocycles. The predicted molar refractivity (Wildman–Crippen MR) is 90.2 cm³/mol. The van der Waals surface area contributed by atoms with Gasteiger partial charge in [-0.3, -0.25) is 0 Å². The molecule has 0 aliphatic rings. The van der Waals surface area contributed by atoms with Crippen LogP contribution in [0.5, 0.6) is 0 Å². The van der Waals surface area contributed by atoms with Gasteiger partial charge >= 0.3 is 0 Å². The zero-order valence-electron chi connectivity index (χ0n) is 12.9. The van der Waals surface area contributed by atoms with Crippen molar-refractivity contribution in [3.8, 4) is 0 Å². The van der Waals surface area contributed by atoms with E-state index in [1.165, 1.54) is 5.56 Å². The highest BCUT2D eigenvalue weighted by atomic mass is 35.5. The fourth-order valence-electron chi connectivity index (χ4n) is 2.50. The Hall–Kier alpha value is -2.17. The van der Waals surface area contributed by atoms with Crippen LogP contribution < -0.4 is 5.32 Å². The van der Waals surface area contributed by atoms with Crippen LogP contribution in [0.3, 0.4) is 0 Å². The first-order valence-electron chi connectivity index (χ1n) is 7.53. The Morgan fingerprint density at radius 2 is 1.78 bits per heavy atom. The molecule has 1 unspecified atom stereocenters. The third-order valence-corrected chi connectivity index (χ3v) is 4.02. The van der Waals surface area contributed by atoms with Gasteiger partial charge in [0.05, 0.1) is 6.54 Å². The van der Waals surface area contributed by atoms with Crippen LogP contribution >= 0.6 is 11.6 Å². The molecule has 0 spiro atoms. The maximum absolute atomic E-state index is 6.31. The molecule has 0 aliphatic heterocycles. The summed E-state index contributed by atoms with van der Waals surface area (Å²) in [6, 6.07) is 18.3. The van der Waals surface area contributed by atoms with Gasteiger partial charge in [0.25, 0.3) is 0 Å². The molecule has 4 nitrogen and oxygen atoms in total. The van der Waals surface area contributed by atoms with Gasteiger partial charge in [-0.1, -0.05) is 60.1 Å². The molecule has 1 N–H and O–H groups in total. The average molecular weight is 328 g/mol. The van der Waals surface area contributed by atoms with Crippen molar-refractivity contribution in [1.29, 1.82) is 0 Å². The quantitative estimate of drug-likeness (QED) is 0.740. The SMILES string of the molecule is Cc1nnc(CNC(Cc2ccccc2Cl)c2ccccc2)o1. The summed E-state index contributed by atoms with van der Waals surface area (Å²) in [5.74, 6) is 1.16. The molecule has 3 aromatic rings. The van der Waals surface area contributed by atoms with E-state index in [0.717, 1.165) is 17.0 Å². The number of hydrogen-bond acceptors (Lipinski definition) is 4. The van der Waals surface area contributed by atoms with Gasteiger partial charge in [-0.25, -0.2) is 0 Å². The summed E-state index contributed by atoms with van der Waals surface area (Å²) < 4.78 is 5.43. The highest BCUT2D eigenvalue weighted by Gasteiger charge is 2.15. The molecule has 3 rings (SSSR count). The van der Waals surface area contributed by atoms with E-state index >= 15 is 0 Å². The molecule has 0 fully saturated rings. The zero-order chi connectivity index (χ0) is 16.1. The van der Waals surface area contributed by atoms with Gasteiger partial charge in [0.2, 0.25) is 11.8 Å². The lowest BCUT2D eigenvalue weighted by molar-refractivity contribution is 0.421. The molecule has 0 amide bonds. The van der Waals surface area contributed by atoms with Gasteiger partial charge in [-0.05, 0) is 23.6 Å². The highest BCUT2D eigenvalue weighted by molar-refractivity contribution is 6.31. The molecule has 1 heterocycles. The van der Waals surface area contributed by atoms with Crippen molar-refractivity contribution in [2.45, 2.75) is 25.9 Å². The Balaban J connectivity index is 1.78. The second kappa shape index (κ2) is 7.40. The second-order valence-electron chi connectivity index (χ2n) is 5.35. The number of nitrogens with zero attached hydrogens (tertiary/aromatic N) is 2. The first-order valence-corrected chi connectivity index (χ1v) is 7.91. The molecular weight excluding hydrogens is 310 g/mol. The van der Waals surface area contributed by atoms with Crippen molar-refractivity contribution in [2.24, 2.45) is 0 Å². The van der Waals surface area contributed by atoms with Crippen LogP contribution in [0.25, 0.3) is 0 Å². The monoisotopic (exact) mass is 327 g/mol. The normalized spacial score (nSPS) is 12.3. The first-order chi connectivity index (χ1) is 11.2. The molecule has 0 bridgehead atoms. The van der Waals surface area contributed by atoms with E-state index in [2.05, 4.69) is 33.7 Å². The standard InChI is InChI=1S/C18H18ClN3O/c1-13-21-22-18(23-13)12-20-17(14-7-3-2-4-8-14)11-15-9-5-6-10-16(15)19/h2-10,17,20H,11-12H2,1H3. The zero-order valence-corrected chi connectivity index (χ0v) is 13.6. The fraction of sp³-hybridized carbons (Fsp3) is 0.222. The van der Waals surface area contributed by atoms with E-state index < -0.39 is 0 Å². The Bertz CT molecular complexity index is 758. The van der Waals surface area contributed by atoms with E-state index in [4.69, 9.17) is 16.0 Å². The molecule has 0 aliphatic carbocycles. The second-order valence-corrected chi connectivity index (χ2v) is 5.76. The summed E-state index contributed by atoms with van der Waals surface area (Å²) in [7, 11) is 0. The fourth-order valence-corrected chi connectivity index (χ4v) is 2.71. The molecular formula is C18H18ClN3O. The molecule has 23 heavy (non-hydrogen) atoms. The van der Waals surface area contributed by atoms with Crippen LogP contribution in [0.1, 0.15) is 29.0 Å². The van der Waals surface area contributed by atoms with Crippen molar-refractivity contribution in [1.82, 2.24) is 15.5 Å². The number of aromatic nitrogens is 2. The van der Waals surface area contributed by atoms with Crippen LogP contribution in [-0.2, 0) is 13.0 Å². The van der Waals surface area contributed by atoms with E-state index in [0.29, 0.717) is 18.3 Å². The van der Waals surface area contributed by atoms with Crippen molar-refractivity contribution in [3.63, 3.8) is 0 Å². The Kier molecular flexibility index (Phi) is 5.05. The van der Waals surface area contributed by atoms with Crippen molar-refractivity contribution >= 4 is 11.6 Å². The van der Waals surface area contributed by atoms with Crippen molar-refractivity contribution in [2.75, 3.05) is 0 Å². The molecule has 1 aromatic heterocycles. The molecule has 118 valence electrons. The van der Waals surface area contributed by atoms with Gasteiger partial charge in [-0.15, -0.1) is 10.2 Å². The minimum atomic E-state index is 0.114. The minimum Gasteiger partial charge on any atom is -0.424 e. The maximum atomic E-state index is 6.31. The topological polar surface area (TPSA) is 51.0 Å². The summed E-state index contributed by atoms with van der Waals surface area (Å²) in [5.41, 5.74) is 2.31. The number of benzene rings is 2. The van der Waals surface area contributed by atoms with Gasteiger partial charge in [0, 0.05) is 18.0 Å². The van der Waals surface area contributed by atoms with Gasteiger partial charge in [0.1, 0.15) is 0 Å². The third-order valence-electron chi connectivity index (χ3n) is 3.65. The van der Waals surface area contributed by atoms with Crippen molar-refractivity contribution in [3.05, 3.63) is 82.5 Å². The first kappa shape index (κ1) is 15.7. The van der Waals surface area contributed by atoms with E-state index in [9.17, 15) is 0 Å². The minimum absolute atomic E-state index is 0.114. The van der Waals surface area contributed by atoms with Gasteiger partial charge in [0.15, 0.2) is 0 Å². The molecule has 0 saturated heterocycles. The van der Waals surface area contributed by atoms with Crippen LogP contribution in [0.2, 0.25) is 5.02 Å². The summed E-state index contributed by atoms with van der Waals surface area (Å²) >= 11 is 6.31. The molecule has 5 heteroatoms. The van der Waals surface area contributed by atoms with E-state index in [1.54, 1.807) is 6.92 Å². The van der Waals surface area contributed by atoms with Crippen LogP contribution in [0, 0.1) is 6.92 Å². The summed E-state index contributed by atoms with van der Waals surface area (Å²) in [6.45, 7) is 2.31. The molecule has 0 radical (unpaired) electrons. The van der Waals surface area contributed by atoms with Gasteiger partial charge in [-0.2, -0.15) is 0 Å². The number of nitrogens with one attached hydrogen (secondary N) is 1. The van der Waals surface area contributed by atoms with Crippen LogP contribution in [0.15, 0.2) is 59.0 Å². The Labute approximate surface area is 140 Å². The number of halogens is 1. The summed E-state index contributed by atoms with van der Waals surface area (Å²) in [4.78, 5) is 0. The van der Waals surface area contributed by atoms with E-state index in [1.807, 2.05) is 36.4 Å². The lowest BCUT2D eigenvalue weighted by Crippen LogP contribution is -2.23. The number of rotatable bonds is 6. The summed E-state index contributed by atoms with van der Waals surface area (Å²) in [6.07, 6.45) is 0.788. The maximum Gasteiger partial charge on any atom is 0.230 e. The number of hydrogen-bond donors (Lipinski definition) is 1.